The summed E-state index contributed by atoms with van der Waals surface area (Å²) in [5.74, 6) is -1.73. The van der Waals surface area contributed by atoms with Crippen molar-refractivity contribution in [1.29, 1.82) is 0 Å². The molecule has 0 aromatic rings. The van der Waals surface area contributed by atoms with Crippen LogP contribution < -0.4 is 22.9 Å². The van der Waals surface area contributed by atoms with E-state index in [2.05, 4.69) is 0 Å². The minimum atomic E-state index is -1.73. The molecule has 0 heterocycles. The summed E-state index contributed by atoms with van der Waals surface area (Å²) in [6, 6.07) is 0. The summed E-state index contributed by atoms with van der Waals surface area (Å²) < 4.78 is 4.87. The lowest BCUT2D eigenvalue weighted by Gasteiger charge is -2.26. The molecule has 0 aromatic carbocycles. The standard InChI is InChI=1S/C6H18N4O2/c7-3-1-5(9)12-6(10,11)2-4-8/h5,11H,1-4,7-10H2. The molecule has 0 rings (SSSR count). The molecule has 2 unspecified atom stereocenters. The largest absolute Gasteiger partial charge is 0.353 e. The van der Waals surface area contributed by atoms with Gasteiger partial charge in [-0.3, -0.25) is 5.73 Å². The predicted octanol–water partition coefficient (Wildman–Crippen LogP) is -2.41. The Kier molecular flexibility index (Phi) is 5.31. The molecule has 74 valence electrons. The van der Waals surface area contributed by atoms with Gasteiger partial charge < -0.3 is 27.0 Å². The molecule has 0 aliphatic rings. The third-order valence-electron chi connectivity index (χ3n) is 1.31. The number of aliphatic hydroxyl groups is 1. The minimum Gasteiger partial charge on any atom is -0.353 e. The molecule has 6 heteroatoms. The molecule has 12 heavy (non-hydrogen) atoms. The van der Waals surface area contributed by atoms with Crippen molar-refractivity contribution in [1.82, 2.24) is 0 Å². The zero-order chi connectivity index (χ0) is 9.61. The maximum atomic E-state index is 9.27. The Morgan fingerprint density at radius 3 is 2.33 bits per heavy atom. The Balaban J connectivity index is 3.70. The van der Waals surface area contributed by atoms with Gasteiger partial charge in [0.1, 0.15) is 6.23 Å². The van der Waals surface area contributed by atoms with Crippen molar-refractivity contribution in [3.8, 4) is 0 Å². The quantitative estimate of drug-likeness (QED) is 0.288. The van der Waals surface area contributed by atoms with Crippen molar-refractivity contribution in [2.75, 3.05) is 13.1 Å². The topological polar surface area (TPSA) is 134 Å². The van der Waals surface area contributed by atoms with Gasteiger partial charge in [-0.1, -0.05) is 0 Å². The third-order valence-corrected chi connectivity index (χ3v) is 1.31. The highest BCUT2D eigenvalue weighted by atomic mass is 16.7. The van der Waals surface area contributed by atoms with Crippen LogP contribution in [0.4, 0.5) is 0 Å². The SMILES string of the molecule is NCCC(N)OC(N)(O)CCN. The van der Waals surface area contributed by atoms with E-state index < -0.39 is 12.1 Å². The van der Waals surface area contributed by atoms with Crippen LogP contribution in [0.1, 0.15) is 12.8 Å². The molecule has 0 spiro atoms. The molecule has 0 aliphatic carbocycles. The highest BCUT2D eigenvalue weighted by molar-refractivity contribution is 4.61. The molecule has 0 amide bonds. The lowest BCUT2D eigenvalue weighted by Crippen LogP contribution is -2.49. The Bertz CT molecular complexity index is 120. The van der Waals surface area contributed by atoms with Crippen molar-refractivity contribution in [3.05, 3.63) is 0 Å². The van der Waals surface area contributed by atoms with E-state index >= 15 is 0 Å². The van der Waals surface area contributed by atoms with E-state index in [0.29, 0.717) is 13.0 Å². The molecule has 0 bridgehead atoms. The Hall–Kier alpha value is -0.240. The van der Waals surface area contributed by atoms with Crippen molar-refractivity contribution in [3.63, 3.8) is 0 Å². The average Bonchev–Trinajstić information content (AvgIpc) is 1.85. The predicted molar refractivity (Wildman–Crippen MR) is 45.5 cm³/mol. The van der Waals surface area contributed by atoms with Crippen molar-refractivity contribution in [2.45, 2.75) is 25.0 Å². The van der Waals surface area contributed by atoms with Gasteiger partial charge in [-0.25, -0.2) is 0 Å². The molecule has 0 aliphatic heterocycles. The van der Waals surface area contributed by atoms with E-state index in [0.717, 1.165) is 0 Å². The van der Waals surface area contributed by atoms with Crippen LogP contribution in [0.2, 0.25) is 0 Å². The third kappa shape index (κ3) is 5.42. The first-order valence-electron chi connectivity index (χ1n) is 3.86. The average molecular weight is 178 g/mol. The lowest BCUT2D eigenvalue weighted by molar-refractivity contribution is -0.228. The second-order valence-corrected chi connectivity index (χ2v) is 2.62. The monoisotopic (exact) mass is 178 g/mol. The van der Waals surface area contributed by atoms with E-state index in [1.165, 1.54) is 0 Å². The Morgan fingerprint density at radius 1 is 1.33 bits per heavy atom. The molecule has 6 nitrogen and oxygen atoms in total. The van der Waals surface area contributed by atoms with E-state index in [4.69, 9.17) is 27.7 Å². The van der Waals surface area contributed by atoms with Gasteiger partial charge in [0, 0.05) is 6.42 Å². The van der Waals surface area contributed by atoms with Crippen molar-refractivity contribution >= 4 is 0 Å². The fourth-order valence-electron chi connectivity index (χ4n) is 0.751. The van der Waals surface area contributed by atoms with Crippen LogP contribution in [0.5, 0.6) is 0 Å². The smallest absolute Gasteiger partial charge is 0.224 e. The lowest BCUT2D eigenvalue weighted by atomic mass is 10.3. The van der Waals surface area contributed by atoms with Gasteiger partial charge >= 0.3 is 0 Å². The zero-order valence-corrected chi connectivity index (χ0v) is 7.07. The van der Waals surface area contributed by atoms with Crippen LogP contribution >= 0.6 is 0 Å². The molecule has 0 radical (unpaired) electrons. The summed E-state index contributed by atoms with van der Waals surface area (Å²) in [4.78, 5) is 0. The van der Waals surface area contributed by atoms with Gasteiger partial charge in [-0.2, -0.15) is 0 Å². The summed E-state index contributed by atoms with van der Waals surface area (Å²) in [5, 5.41) is 9.27. The van der Waals surface area contributed by atoms with Gasteiger partial charge in [-0.15, -0.1) is 0 Å². The van der Waals surface area contributed by atoms with Gasteiger partial charge in [0.05, 0.1) is 0 Å². The minimum absolute atomic E-state index is 0.144. The van der Waals surface area contributed by atoms with Crippen molar-refractivity contribution < 1.29 is 9.84 Å². The van der Waals surface area contributed by atoms with E-state index in [1.807, 2.05) is 0 Å². The highest BCUT2D eigenvalue weighted by Crippen LogP contribution is 2.05. The Morgan fingerprint density at radius 2 is 1.92 bits per heavy atom. The number of nitrogens with two attached hydrogens (primary N) is 4. The summed E-state index contributed by atoms with van der Waals surface area (Å²) in [7, 11) is 0. The molecular weight excluding hydrogens is 160 g/mol. The van der Waals surface area contributed by atoms with E-state index in [9.17, 15) is 5.11 Å². The summed E-state index contributed by atoms with van der Waals surface area (Å²) >= 11 is 0. The fourth-order valence-corrected chi connectivity index (χ4v) is 0.751. The van der Waals surface area contributed by atoms with Crippen LogP contribution in [-0.4, -0.2) is 30.3 Å². The van der Waals surface area contributed by atoms with Gasteiger partial charge in [-0.05, 0) is 19.5 Å². The molecule has 0 aromatic heterocycles. The second kappa shape index (κ2) is 5.41. The highest BCUT2D eigenvalue weighted by Gasteiger charge is 2.23. The van der Waals surface area contributed by atoms with Gasteiger partial charge in [0.2, 0.25) is 5.91 Å². The first kappa shape index (κ1) is 11.8. The summed E-state index contributed by atoms with van der Waals surface area (Å²) in [5.41, 5.74) is 21.1. The Labute approximate surface area is 71.8 Å². The van der Waals surface area contributed by atoms with E-state index in [1.54, 1.807) is 0 Å². The molecular formula is C6H18N4O2. The normalized spacial score (nSPS) is 18.8. The van der Waals surface area contributed by atoms with Crippen molar-refractivity contribution in [2.24, 2.45) is 22.9 Å². The molecule has 9 N–H and O–H groups in total. The zero-order valence-electron chi connectivity index (χ0n) is 7.07. The molecule has 0 fully saturated rings. The van der Waals surface area contributed by atoms with Crippen LogP contribution in [0.15, 0.2) is 0 Å². The van der Waals surface area contributed by atoms with Crippen LogP contribution in [-0.2, 0) is 4.74 Å². The maximum absolute atomic E-state index is 9.27. The molecule has 0 saturated heterocycles. The fraction of sp³-hybridized carbons (Fsp3) is 1.00. The molecule has 0 saturated carbocycles. The summed E-state index contributed by atoms with van der Waals surface area (Å²) in [6.45, 7) is 0.627. The maximum Gasteiger partial charge on any atom is 0.224 e. The number of ether oxygens (including phenoxy) is 1. The van der Waals surface area contributed by atoms with Gasteiger partial charge in [0.15, 0.2) is 0 Å². The van der Waals surface area contributed by atoms with Crippen LogP contribution in [0.25, 0.3) is 0 Å². The number of hydrogen-bond acceptors (Lipinski definition) is 6. The van der Waals surface area contributed by atoms with Crippen LogP contribution in [0.3, 0.4) is 0 Å². The molecule has 2 atom stereocenters. The second-order valence-electron chi connectivity index (χ2n) is 2.62. The number of hydrogen-bond donors (Lipinski definition) is 5. The van der Waals surface area contributed by atoms with Gasteiger partial charge in [0.25, 0.3) is 0 Å². The first-order chi connectivity index (χ1) is 5.52. The van der Waals surface area contributed by atoms with E-state index in [-0.39, 0.29) is 13.0 Å². The number of rotatable bonds is 6. The summed E-state index contributed by atoms with van der Waals surface area (Å²) in [6.07, 6.45) is -0.0495. The first-order valence-corrected chi connectivity index (χ1v) is 3.86. The van der Waals surface area contributed by atoms with Crippen LogP contribution in [0, 0.1) is 0 Å².